The zero-order chi connectivity index (χ0) is 25.9. The summed E-state index contributed by atoms with van der Waals surface area (Å²) in [6.07, 6.45) is -0.154. The van der Waals surface area contributed by atoms with Crippen molar-refractivity contribution in [3.63, 3.8) is 0 Å². The number of H-pyrrole nitrogens is 1. The molecule has 2 aromatic carbocycles. The first-order valence-electron chi connectivity index (χ1n) is 11.4. The second kappa shape index (κ2) is 10.3. The summed E-state index contributed by atoms with van der Waals surface area (Å²) in [4.78, 5) is 48.9. The lowest BCUT2D eigenvalue weighted by molar-refractivity contribution is -0.128. The maximum absolute atomic E-state index is 13.3. The maximum atomic E-state index is 13.3. The summed E-state index contributed by atoms with van der Waals surface area (Å²) in [7, 11) is 0. The van der Waals surface area contributed by atoms with Gasteiger partial charge >= 0.3 is 0 Å². The molecular formula is C25H22FN7O3S. The van der Waals surface area contributed by atoms with Crippen LogP contribution in [0.3, 0.4) is 0 Å². The van der Waals surface area contributed by atoms with Crippen LogP contribution in [0, 0.1) is 12.7 Å². The summed E-state index contributed by atoms with van der Waals surface area (Å²) >= 11 is 1.10. The standard InChI is InChI=1S/C25H22FN7O3S/c1-14-10-20(32-31-14)30-22(35)13-37-25-29-18-5-3-2-4-17(18)23-28-19(24(36)33(23)25)11-21(34)27-12-15-6-8-16(26)9-7-15/h2-10,19H,11-13H2,1H3,(H,27,34)(H2,30,31,32,35). The van der Waals surface area contributed by atoms with Crippen molar-refractivity contribution in [3.05, 3.63) is 77.2 Å². The number of fused-ring (bicyclic) bond motifs is 3. The van der Waals surface area contributed by atoms with Gasteiger partial charge in [0.05, 0.1) is 17.9 Å². The monoisotopic (exact) mass is 519 g/mol. The number of nitrogens with one attached hydrogen (secondary N) is 3. The Labute approximate surface area is 215 Å². The van der Waals surface area contributed by atoms with Gasteiger partial charge in [0.25, 0.3) is 5.91 Å². The number of hydrogen-bond donors (Lipinski definition) is 3. The molecule has 2 aliphatic heterocycles. The third-order valence-electron chi connectivity index (χ3n) is 5.64. The van der Waals surface area contributed by atoms with Gasteiger partial charge in [-0.25, -0.2) is 14.3 Å². The van der Waals surface area contributed by atoms with Crippen molar-refractivity contribution in [1.82, 2.24) is 20.4 Å². The molecule has 188 valence electrons. The van der Waals surface area contributed by atoms with Crippen LogP contribution in [0.25, 0.3) is 0 Å². The Morgan fingerprint density at radius 3 is 2.68 bits per heavy atom. The highest BCUT2D eigenvalue weighted by Gasteiger charge is 2.42. The summed E-state index contributed by atoms with van der Waals surface area (Å²) < 4.78 is 13.1. The van der Waals surface area contributed by atoms with Gasteiger partial charge in [-0.05, 0) is 36.8 Å². The zero-order valence-electron chi connectivity index (χ0n) is 19.7. The number of aromatic nitrogens is 2. The number of halogens is 1. The minimum absolute atomic E-state index is 0.00715. The molecule has 1 aromatic heterocycles. The summed E-state index contributed by atoms with van der Waals surface area (Å²) in [5.74, 6) is -0.616. The maximum Gasteiger partial charge on any atom is 0.259 e. The van der Waals surface area contributed by atoms with Gasteiger partial charge in [0, 0.05) is 23.9 Å². The molecule has 3 aromatic rings. The second-order valence-corrected chi connectivity index (χ2v) is 9.38. The summed E-state index contributed by atoms with van der Waals surface area (Å²) in [5.41, 5.74) is 2.84. The van der Waals surface area contributed by atoms with E-state index in [1.807, 2.05) is 25.1 Å². The number of amidine groups is 2. The second-order valence-electron chi connectivity index (χ2n) is 8.43. The molecule has 1 atom stereocenters. The summed E-state index contributed by atoms with van der Waals surface area (Å²) in [6.45, 7) is 2.03. The molecule has 37 heavy (non-hydrogen) atoms. The number of aryl methyl sites for hydroxylation is 1. The van der Waals surface area contributed by atoms with Gasteiger partial charge in [-0.3, -0.25) is 24.5 Å². The molecule has 0 saturated carbocycles. The first-order valence-corrected chi connectivity index (χ1v) is 12.4. The molecule has 3 heterocycles. The molecule has 1 unspecified atom stereocenters. The Balaban J connectivity index is 1.27. The van der Waals surface area contributed by atoms with E-state index < -0.39 is 11.9 Å². The number of amides is 3. The molecule has 0 spiro atoms. The Morgan fingerprint density at radius 2 is 1.92 bits per heavy atom. The molecule has 5 rings (SSSR count). The molecule has 10 nitrogen and oxygen atoms in total. The Morgan fingerprint density at radius 1 is 1.14 bits per heavy atom. The fraction of sp³-hybridized carbons (Fsp3) is 0.200. The molecule has 3 amide bonds. The normalized spacial score (nSPS) is 16.0. The molecular weight excluding hydrogens is 497 g/mol. The Bertz CT molecular complexity index is 1430. The lowest BCUT2D eigenvalue weighted by atomic mass is 10.1. The molecule has 0 radical (unpaired) electrons. The van der Waals surface area contributed by atoms with E-state index in [9.17, 15) is 18.8 Å². The highest BCUT2D eigenvalue weighted by Crippen LogP contribution is 2.34. The van der Waals surface area contributed by atoms with Crippen LogP contribution >= 0.6 is 11.8 Å². The van der Waals surface area contributed by atoms with Gasteiger partial charge in [0.1, 0.15) is 17.7 Å². The van der Waals surface area contributed by atoms with Crippen molar-refractivity contribution in [2.45, 2.75) is 25.9 Å². The Hall–Kier alpha value is -4.32. The molecule has 2 aliphatic rings. The average molecular weight is 520 g/mol. The van der Waals surface area contributed by atoms with E-state index in [-0.39, 0.29) is 36.4 Å². The Kier molecular flexibility index (Phi) is 6.82. The van der Waals surface area contributed by atoms with Gasteiger partial charge in [-0.15, -0.1) is 0 Å². The van der Waals surface area contributed by atoms with Crippen molar-refractivity contribution in [1.29, 1.82) is 0 Å². The molecule has 0 bridgehead atoms. The lowest BCUT2D eigenvalue weighted by Gasteiger charge is -2.25. The van der Waals surface area contributed by atoms with Gasteiger partial charge < -0.3 is 10.6 Å². The lowest BCUT2D eigenvalue weighted by Crippen LogP contribution is -2.42. The minimum Gasteiger partial charge on any atom is -0.352 e. The number of aromatic amines is 1. The zero-order valence-corrected chi connectivity index (χ0v) is 20.5. The van der Waals surface area contributed by atoms with E-state index in [2.05, 4.69) is 30.8 Å². The van der Waals surface area contributed by atoms with Crippen LogP contribution in [0.4, 0.5) is 15.9 Å². The highest BCUT2D eigenvalue weighted by molar-refractivity contribution is 8.14. The number of hydrogen-bond acceptors (Lipinski definition) is 7. The van der Waals surface area contributed by atoms with Gasteiger partial charge in [-0.1, -0.05) is 36.0 Å². The topological polar surface area (TPSA) is 132 Å². The summed E-state index contributed by atoms with van der Waals surface area (Å²) in [6, 6.07) is 13.8. The van der Waals surface area contributed by atoms with E-state index in [4.69, 9.17) is 0 Å². The minimum atomic E-state index is -0.930. The molecule has 12 heteroatoms. The SMILES string of the molecule is Cc1cc(NC(=O)CSC2=Nc3ccccc3C3=NC(CC(=O)NCc4ccc(F)cc4)C(=O)N23)n[nH]1. The number of benzene rings is 2. The van der Waals surface area contributed by atoms with E-state index in [1.165, 1.54) is 17.0 Å². The highest BCUT2D eigenvalue weighted by atomic mass is 32.2. The van der Waals surface area contributed by atoms with Crippen LogP contribution in [0.1, 0.15) is 23.2 Å². The van der Waals surface area contributed by atoms with E-state index >= 15 is 0 Å². The van der Waals surface area contributed by atoms with Crippen molar-refractivity contribution in [3.8, 4) is 0 Å². The van der Waals surface area contributed by atoms with Crippen LogP contribution in [-0.2, 0) is 20.9 Å². The van der Waals surface area contributed by atoms with E-state index in [1.54, 1.807) is 24.3 Å². The van der Waals surface area contributed by atoms with Crippen molar-refractivity contribution >= 4 is 52.0 Å². The number of carbonyl (C=O) groups is 3. The third kappa shape index (κ3) is 5.43. The quantitative estimate of drug-likeness (QED) is 0.442. The number of thioether (sulfide) groups is 1. The van der Waals surface area contributed by atoms with Gasteiger partial charge in [0.2, 0.25) is 11.8 Å². The van der Waals surface area contributed by atoms with Gasteiger partial charge in [-0.2, -0.15) is 5.10 Å². The smallest absolute Gasteiger partial charge is 0.259 e. The molecule has 0 fully saturated rings. The first-order chi connectivity index (χ1) is 17.9. The van der Waals surface area contributed by atoms with Crippen LogP contribution < -0.4 is 10.6 Å². The fourth-order valence-electron chi connectivity index (χ4n) is 3.87. The van der Waals surface area contributed by atoms with Crippen LogP contribution in [0.2, 0.25) is 0 Å². The predicted molar refractivity (Wildman–Crippen MR) is 138 cm³/mol. The van der Waals surface area contributed by atoms with Gasteiger partial charge in [0.15, 0.2) is 11.0 Å². The molecule has 0 saturated heterocycles. The van der Waals surface area contributed by atoms with Crippen LogP contribution in [-0.4, -0.2) is 55.6 Å². The van der Waals surface area contributed by atoms with Crippen LogP contribution in [0.5, 0.6) is 0 Å². The van der Waals surface area contributed by atoms with Crippen molar-refractivity contribution in [2.75, 3.05) is 11.1 Å². The van der Waals surface area contributed by atoms with E-state index in [0.717, 1.165) is 23.0 Å². The van der Waals surface area contributed by atoms with Crippen LogP contribution in [0.15, 0.2) is 64.6 Å². The fourth-order valence-corrected chi connectivity index (χ4v) is 4.67. The number of para-hydroxylation sites is 1. The largest absolute Gasteiger partial charge is 0.352 e. The molecule has 0 aliphatic carbocycles. The number of nitrogens with zero attached hydrogens (tertiary/aromatic N) is 4. The number of carbonyl (C=O) groups excluding carboxylic acids is 3. The number of anilines is 1. The summed E-state index contributed by atoms with van der Waals surface area (Å²) in [5, 5.41) is 12.5. The number of aliphatic imine (C=N–C) groups is 2. The number of rotatable bonds is 7. The van der Waals surface area contributed by atoms with Crippen molar-refractivity contribution < 1.29 is 18.8 Å². The molecule has 3 N–H and O–H groups in total. The van der Waals surface area contributed by atoms with E-state index in [0.29, 0.717) is 28.1 Å². The average Bonchev–Trinajstić information content (AvgIpc) is 3.44. The predicted octanol–water partition coefficient (Wildman–Crippen LogP) is 2.89. The van der Waals surface area contributed by atoms with Crippen molar-refractivity contribution in [2.24, 2.45) is 9.98 Å². The first kappa shape index (κ1) is 24.4. The third-order valence-corrected chi connectivity index (χ3v) is 6.57.